The molecule has 0 amide bonds. The number of aliphatic carboxylic acids is 1. The highest BCUT2D eigenvalue weighted by Crippen LogP contribution is 2.36. The number of rotatable bonds is 12. The Morgan fingerprint density at radius 2 is 1.92 bits per heavy atom. The van der Waals surface area contributed by atoms with E-state index in [1.165, 1.54) is 0 Å². The van der Waals surface area contributed by atoms with Crippen LogP contribution >= 0.6 is 0 Å². The van der Waals surface area contributed by atoms with Crippen molar-refractivity contribution in [3.05, 3.63) is 11.8 Å². The van der Waals surface area contributed by atoms with Gasteiger partial charge in [0.25, 0.3) is 0 Å². The van der Waals surface area contributed by atoms with Gasteiger partial charge < -0.3 is 29.2 Å². The van der Waals surface area contributed by atoms with Crippen LogP contribution in [0.1, 0.15) is 27.2 Å². The van der Waals surface area contributed by atoms with E-state index in [2.05, 4.69) is 13.8 Å². The predicted molar refractivity (Wildman–Crippen MR) is 87.4 cm³/mol. The zero-order valence-electron chi connectivity index (χ0n) is 14.8. The fraction of sp³-hybridized carbons (Fsp3) is 0.824. The van der Waals surface area contributed by atoms with Gasteiger partial charge in [-0.3, -0.25) is 0 Å². The van der Waals surface area contributed by atoms with Crippen LogP contribution in [-0.4, -0.2) is 62.1 Å². The molecule has 0 bridgehead atoms. The van der Waals surface area contributed by atoms with E-state index >= 15 is 0 Å². The van der Waals surface area contributed by atoms with Crippen molar-refractivity contribution in [1.82, 2.24) is 0 Å². The predicted octanol–water partition coefficient (Wildman–Crippen LogP) is 1.65. The molecule has 24 heavy (non-hydrogen) atoms. The zero-order valence-corrected chi connectivity index (χ0v) is 14.8. The summed E-state index contributed by atoms with van der Waals surface area (Å²) in [4.78, 5) is 11.3. The average Bonchev–Trinajstić information content (AvgIpc) is 2.54. The first-order chi connectivity index (χ1) is 11.5. The van der Waals surface area contributed by atoms with Crippen LogP contribution in [0.5, 0.6) is 0 Å². The lowest BCUT2D eigenvalue weighted by Crippen LogP contribution is -2.39. The normalized spacial score (nSPS) is 23.9. The fourth-order valence-corrected chi connectivity index (χ4v) is 2.80. The van der Waals surface area contributed by atoms with Gasteiger partial charge >= 0.3 is 5.97 Å². The first-order valence-electron chi connectivity index (χ1n) is 8.50. The molecule has 3 atom stereocenters. The van der Waals surface area contributed by atoms with Gasteiger partial charge in [0.05, 0.1) is 26.4 Å². The molecular formula is C17H30O7. The molecule has 0 aromatic heterocycles. The first-order valence-corrected chi connectivity index (χ1v) is 8.50. The Hall–Kier alpha value is -1.15. The van der Waals surface area contributed by atoms with Crippen LogP contribution in [0.2, 0.25) is 0 Å². The minimum Gasteiger partial charge on any atom is -0.475 e. The van der Waals surface area contributed by atoms with Crippen molar-refractivity contribution < 1.29 is 34.0 Å². The number of carboxylic acids is 1. The lowest BCUT2D eigenvalue weighted by atomic mass is 9.79. The second-order valence-corrected chi connectivity index (χ2v) is 6.00. The van der Waals surface area contributed by atoms with Gasteiger partial charge in [-0.05, 0) is 31.3 Å². The van der Waals surface area contributed by atoms with Gasteiger partial charge in [-0.1, -0.05) is 13.8 Å². The summed E-state index contributed by atoms with van der Waals surface area (Å²) in [5.74, 6) is -0.756. The quantitative estimate of drug-likeness (QED) is 0.519. The molecule has 140 valence electrons. The second-order valence-electron chi connectivity index (χ2n) is 6.00. The molecule has 0 radical (unpaired) electrons. The smallest absolute Gasteiger partial charge is 0.370 e. The molecule has 1 aliphatic rings. The summed E-state index contributed by atoms with van der Waals surface area (Å²) in [6.07, 6.45) is 1.82. The summed E-state index contributed by atoms with van der Waals surface area (Å²) in [6.45, 7) is 8.15. The van der Waals surface area contributed by atoms with Crippen molar-refractivity contribution >= 4 is 5.97 Å². The highest BCUT2D eigenvalue weighted by atomic mass is 16.7. The first kappa shape index (κ1) is 20.9. The number of aliphatic hydroxyl groups is 1. The van der Waals surface area contributed by atoms with Gasteiger partial charge in [0, 0.05) is 19.1 Å². The lowest BCUT2D eigenvalue weighted by Gasteiger charge is -2.38. The molecule has 0 saturated carbocycles. The van der Waals surface area contributed by atoms with Gasteiger partial charge in [-0.25, -0.2) is 4.79 Å². The number of allylic oxidation sites excluding steroid dienone is 1. The Kier molecular flexibility index (Phi) is 9.94. The third-order valence-corrected chi connectivity index (χ3v) is 3.95. The minimum absolute atomic E-state index is 0.00373. The van der Waals surface area contributed by atoms with Crippen LogP contribution in [0.3, 0.4) is 0 Å². The van der Waals surface area contributed by atoms with Gasteiger partial charge in [0.1, 0.15) is 0 Å². The molecular weight excluding hydrogens is 316 g/mol. The molecule has 0 aliphatic carbocycles. The zero-order chi connectivity index (χ0) is 17.9. The largest absolute Gasteiger partial charge is 0.475 e. The third-order valence-electron chi connectivity index (χ3n) is 3.95. The molecule has 7 heteroatoms. The average molecular weight is 346 g/mol. The Bertz CT molecular complexity index is 394. The van der Waals surface area contributed by atoms with Crippen LogP contribution in [0.15, 0.2) is 11.8 Å². The van der Waals surface area contributed by atoms with Crippen LogP contribution < -0.4 is 0 Å². The van der Waals surface area contributed by atoms with Crippen LogP contribution in [0.4, 0.5) is 0 Å². The second kappa shape index (κ2) is 11.4. The van der Waals surface area contributed by atoms with E-state index in [4.69, 9.17) is 24.1 Å². The molecule has 0 unspecified atom stereocenters. The minimum atomic E-state index is -1.07. The maximum absolute atomic E-state index is 11.3. The van der Waals surface area contributed by atoms with Crippen LogP contribution in [0, 0.1) is 17.8 Å². The Balaban J connectivity index is 2.60. The SMILES string of the molecule is CCO[C@@H]1OC(C(=O)O)=C[C@H](C(C)C)[C@H]1CCOCCOCCO. The van der Waals surface area contributed by atoms with Gasteiger partial charge in [0.15, 0.2) is 0 Å². The maximum Gasteiger partial charge on any atom is 0.370 e. The lowest BCUT2D eigenvalue weighted by molar-refractivity contribution is -0.182. The van der Waals surface area contributed by atoms with Gasteiger partial charge in [0.2, 0.25) is 12.0 Å². The van der Waals surface area contributed by atoms with E-state index in [0.29, 0.717) is 39.5 Å². The molecule has 0 saturated heterocycles. The van der Waals surface area contributed by atoms with Crippen molar-refractivity contribution in [2.75, 3.05) is 39.6 Å². The van der Waals surface area contributed by atoms with Crippen LogP contribution in [-0.2, 0) is 23.7 Å². The monoisotopic (exact) mass is 346 g/mol. The summed E-state index contributed by atoms with van der Waals surface area (Å²) in [7, 11) is 0. The molecule has 1 heterocycles. The molecule has 0 aromatic carbocycles. The standard InChI is InChI=1S/C17H30O7/c1-4-23-17-13(5-7-21-9-10-22-8-6-18)14(12(2)3)11-15(24-17)16(19)20/h11-14,17-18H,4-10H2,1-3H3,(H,19,20)/t13-,14-,17-/m1/s1. The van der Waals surface area contributed by atoms with E-state index in [9.17, 15) is 9.90 Å². The highest BCUT2D eigenvalue weighted by Gasteiger charge is 2.38. The summed E-state index contributed by atoms with van der Waals surface area (Å²) < 4.78 is 21.8. The number of ether oxygens (including phenoxy) is 4. The molecule has 1 rings (SSSR count). The van der Waals surface area contributed by atoms with Crippen LogP contribution in [0.25, 0.3) is 0 Å². The van der Waals surface area contributed by atoms with Crippen molar-refractivity contribution in [3.63, 3.8) is 0 Å². The van der Waals surface area contributed by atoms with Crippen molar-refractivity contribution in [1.29, 1.82) is 0 Å². The van der Waals surface area contributed by atoms with E-state index < -0.39 is 12.3 Å². The molecule has 0 fully saturated rings. The number of hydrogen-bond acceptors (Lipinski definition) is 6. The molecule has 0 spiro atoms. The van der Waals surface area contributed by atoms with Crippen molar-refractivity contribution in [2.45, 2.75) is 33.5 Å². The van der Waals surface area contributed by atoms with Crippen molar-refractivity contribution in [2.24, 2.45) is 17.8 Å². The highest BCUT2D eigenvalue weighted by molar-refractivity contribution is 5.84. The number of aliphatic hydroxyl groups excluding tert-OH is 1. The van der Waals surface area contributed by atoms with E-state index in [0.717, 1.165) is 0 Å². The number of carboxylic acid groups (broad SMARTS) is 1. The molecule has 7 nitrogen and oxygen atoms in total. The Morgan fingerprint density at radius 1 is 1.25 bits per heavy atom. The Morgan fingerprint density at radius 3 is 2.46 bits per heavy atom. The van der Waals surface area contributed by atoms with Gasteiger partial charge in [-0.2, -0.15) is 0 Å². The van der Waals surface area contributed by atoms with E-state index in [1.54, 1.807) is 6.08 Å². The molecule has 0 aromatic rings. The molecule has 2 N–H and O–H groups in total. The number of carbonyl (C=O) groups is 1. The summed E-state index contributed by atoms with van der Waals surface area (Å²) in [6, 6.07) is 0. The third kappa shape index (κ3) is 6.76. The maximum atomic E-state index is 11.3. The topological polar surface area (TPSA) is 94.5 Å². The van der Waals surface area contributed by atoms with Gasteiger partial charge in [-0.15, -0.1) is 0 Å². The van der Waals surface area contributed by atoms with E-state index in [-0.39, 0.29) is 30.1 Å². The van der Waals surface area contributed by atoms with Crippen molar-refractivity contribution in [3.8, 4) is 0 Å². The molecule has 1 aliphatic heterocycles. The summed E-state index contributed by atoms with van der Waals surface area (Å²) in [5, 5.41) is 17.8. The number of hydrogen-bond donors (Lipinski definition) is 2. The summed E-state index contributed by atoms with van der Waals surface area (Å²) in [5.41, 5.74) is 0. The summed E-state index contributed by atoms with van der Waals surface area (Å²) >= 11 is 0. The Labute approximate surface area is 143 Å². The fourth-order valence-electron chi connectivity index (χ4n) is 2.80. The van der Waals surface area contributed by atoms with E-state index in [1.807, 2.05) is 6.92 Å².